The Bertz CT molecular complexity index is 611. The summed E-state index contributed by atoms with van der Waals surface area (Å²) in [6.07, 6.45) is 6.92. The normalized spacial score (nSPS) is 19.1. The van der Waals surface area contributed by atoms with Gasteiger partial charge in [0.05, 0.1) is 5.52 Å². The van der Waals surface area contributed by atoms with Crippen LogP contribution in [0.3, 0.4) is 0 Å². The summed E-state index contributed by atoms with van der Waals surface area (Å²) >= 11 is 6.03. The van der Waals surface area contributed by atoms with E-state index in [9.17, 15) is 0 Å². The van der Waals surface area contributed by atoms with Crippen molar-refractivity contribution in [3.63, 3.8) is 0 Å². The van der Waals surface area contributed by atoms with Gasteiger partial charge in [-0.3, -0.25) is 4.98 Å². The monoisotopic (exact) mass is 288 g/mol. The van der Waals surface area contributed by atoms with Crippen LogP contribution in [0.15, 0.2) is 30.5 Å². The molecule has 1 N–H and O–H groups in total. The predicted octanol–water partition coefficient (Wildman–Crippen LogP) is 5.27. The van der Waals surface area contributed by atoms with E-state index < -0.39 is 0 Å². The Morgan fingerprint density at radius 3 is 2.70 bits per heavy atom. The highest BCUT2D eigenvalue weighted by Crippen LogP contribution is 2.36. The lowest BCUT2D eigenvalue weighted by molar-refractivity contribution is 0.232. The minimum absolute atomic E-state index is 0.506. The summed E-state index contributed by atoms with van der Waals surface area (Å²) in [6, 6.07) is 8.55. The van der Waals surface area contributed by atoms with Crippen LogP contribution < -0.4 is 5.32 Å². The van der Waals surface area contributed by atoms with E-state index in [-0.39, 0.29) is 0 Å². The van der Waals surface area contributed by atoms with Crippen LogP contribution in [-0.2, 0) is 0 Å². The van der Waals surface area contributed by atoms with E-state index in [1.807, 2.05) is 18.3 Å². The maximum atomic E-state index is 6.03. The summed E-state index contributed by atoms with van der Waals surface area (Å²) in [7, 11) is 0. The van der Waals surface area contributed by atoms with Crippen molar-refractivity contribution in [2.45, 2.75) is 45.6 Å². The van der Waals surface area contributed by atoms with Gasteiger partial charge < -0.3 is 5.32 Å². The molecule has 0 spiro atoms. The Balaban J connectivity index is 1.81. The summed E-state index contributed by atoms with van der Waals surface area (Å²) in [5.74, 6) is 0. The van der Waals surface area contributed by atoms with Gasteiger partial charge in [-0.15, -0.1) is 0 Å². The second-order valence-corrected chi connectivity index (χ2v) is 7.04. The number of nitrogens with zero attached hydrogens (tertiary/aromatic N) is 1. The smallest absolute Gasteiger partial charge is 0.0737 e. The number of hydrogen-bond donors (Lipinski definition) is 1. The zero-order valence-corrected chi connectivity index (χ0v) is 12.9. The lowest BCUT2D eigenvalue weighted by Crippen LogP contribution is -2.29. The fraction of sp³-hybridized carbons (Fsp3) is 0.471. The molecule has 0 amide bonds. The summed E-state index contributed by atoms with van der Waals surface area (Å²) in [5.41, 5.74) is 2.64. The summed E-state index contributed by atoms with van der Waals surface area (Å²) < 4.78 is 0. The molecule has 1 aromatic heterocycles. The Morgan fingerprint density at radius 1 is 1.20 bits per heavy atom. The highest BCUT2D eigenvalue weighted by atomic mass is 35.5. The van der Waals surface area contributed by atoms with Crippen molar-refractivity contribution in [1.82, 2.24) is 4.98 Å². The quantitative estimate of drug-likeness (QED) is 0.814. The predicted molar refractivity (Wildman–Crippen MR) is 86.4 cm³/mol. The highest BCUT2D eigenvalue weighted by molar-refractivity contribution is 6.31. The number of benzene rings is 1. The molecule has 2 nitrogen and oxygen atoms in total. The molecule has 0 atom stereocenters. The first-order valence-electron chi connectivity index (χ1n) is 7.34. The average Bonchev–Trinajstić information content (AvgIpc) is 2.41. The van der Waals surface area contributed by atoms with Gasteiger partial charge in [-0.1, -0.05) is 25.4 Å². The minimum Gasteiger partial charge on any atom is -0.382 e. The Morgan fingerprint density at radius 2 is 1.95 bits per heavy atom. The molecule has 3 rings (SSSR count). The van der Waals surface area contributed by atoms with Gasteiger partial charge in [0, 0.05) is 28.3 Å². The number of halogens is 1. The molecule has 1 fully saturated rings. The molecule has 2 aromatic rings. The van der Waals surface area contributed by atoms with Crippen LogP contribution in [0.1, 0.15) is 39.5 Å². The maximum Gasteiger partial charge on any atom is 0.0737 e. The summed E-state index contributed by atoms with van der Waals surface area (Å²) in [5, 5.41) is 5.59. The van der Waals surface area contributed by atoms with Gasteiger partial charge in [0.25, 0.3) is 0 Å². The van der Waals surface area contributed by atoms with Crippen molar-refractivity contribution < 1.29 is 0 Å². The van der Waals surface area contributed by atoms with Crippen LogP contribution in [0, 0.1) is 5.41 Å². The summed E-state index contributed by atoms with van der Waals surface area (Å²) in [6.45, 7) is 4.74. The number of aromatic nitrogens is 1. The second kappa shape index (κ2) is 5.25. The number of fused-ring (bicyclic) bond motifs is 1. The Hall–Kier alpha value is -1.28. The van der Waals surface area contributed by atoms with Gasteiger partial charge in [0.1, 0.15) is 0 Å². The Labute approximate surface area is 125 Å². The second-order valence-electron chi connectivity index (χ2n) is 6.60. The van der Waals surface area contributed by atoms with E-state index in [0.29, 0.717) is 11.5 Å². The van der Waals surface area contributed by atoms with Crippen molar-refractivity contribution in [3.8, 4) is 0 Å². The minimum atomic E-state index is 0.506. The van der Waals surface area contributed by atoms with E-state index in [0.717, 1.165) is 15.9 Å². The van der Waals surface area contributed by atoms with E-state index in [1.165, 1.54) is 31.4 Å². The third kappa shape index (κ3) is 2.90. The van der Waals surface area contributed by atoms with Crippen molar-refractivity contribution in [3.05, 3.63) is 35.5 Å². The number of anilines is 1. The average molecular weight is 289 g/mol. The first kappa shape index (κ1) is 13.7. The van der Waals surface area contributed by atoms with Crippen molar-refractivity contribution >= 4 is 28.2 Å². The van der Waals surface area contributed by atoms with Crippen molar-refractivity contribution in [2.75, 3.05) is 5.32 Å². The van der Waals surface area contributed by atoms with Gasteiger partial charge in [0.15, 0.2) is 0 Å². The van der Waals surface area contributed by atoms with Crippen LogP contribution in [-0.4, -0.2) is 11.0 Å². The molecule has 0 unspecified atom stereocenters. The van der Waals surface area contributed by atoms with Gasteiger partial charge in [-0.25, -0.2) is 0 Å². The number of nitrogens with one attached hydrogen (secondary N) is 1. The molecule has 1 aliphatic carbocycles. The summed E-state index contributed by atoms with van der Waals surface area (Å²) in [4.78, 5) is 4.39. The van der Waals surface area contributed by atoms with Gasteiger partial charge in [0.2, 0.25) is 0 Å². The van der Waals surface area contributed by atoms with Crippen LogP contribution >= 0.6 is 11.6 Å². The largest absolute Gasteiger partial charge is 0.382 e. The Kier molecular flexibility index (Phi) is 3.59. The van der Waals surface area contributed by atoms with Crippen LogP contribution in [0.2, 0.25) is 5.02 Å². The van der Waals surface area contributed by atoms with Crippen LogP contribution in [0.5, 0.6) is 0 Å². The zero-order chi connectivity index (χ0) is 14.2. The fourth-order valence-electron chi connectivity index (χ4n) is 3.01. The molecule has 20 heavy (non-hydrogen) atoms. The van der Waals surface area contributed by atoms with Crippen LogP contribution in [0.25, 0.3) is 10.9 Å². The van der Waals surface area contributed by atoms with E-state index in [4.69, 9.17) is 11.6 Å². The molecule has 0 bridgehead atoms. The molecule has 3 heteroatoms. The lowest BCUT2D eigenvalue weighted by atomic mass is 9.75. The number of hydrogen-bond acceptors (Lipinski definition) is 2. The van der Waals surface area contributed by atoms with Gasteiger partial charge in [-0.05, 0) is 55.4 Å². The SMILES string of the molecule is CC1(C)CCC(Nc2ccnc3cc(Cl)ccc23)CC1. The van der Waals surface area contributed by atoms with Gasteiger partial charge in [-0.2, -0.15) is 0 Å². The lowest BCUT2D eigenvalue weighted by Gasteiger charge is -2.35. The van der Waals surface area contributed by atoms with Crippen LogP contribution in [0.4, 0.5) is 5.69 Å². The molecular formula is C17H21ClN2. The zero-order valence-electron chi connectivity index (χ0n) is 12.1. The molecule has 1 heterocycles. The molecule has 106 valence electrons. The third-order valence-electron chi connectivity index (χ3n) is 4.40. The van der Waals surface area contributed by atoms with Crippen molar-refractivity contribution in [2.24, 2.45) is 5.41 Å². The first-order valence-corrected chi connectivity index (χ1v) is 7.72. The van der Waals surface area contributed by atoms with E-state index >= 15 is 0 Å². The molecule has 1 saturated carbocycles. The molecule has 0 saturated heterocycles. The maximum absolute atomic E-state index is 6.03. The van der Waals surface area contributed by atoms with Gasteiger partial charge >= 0.3 is 0 Å². The standard InChI is InChI=1S/C17H21ClN2/c1-17(2)8-5-13(6-9-17)20-15-7-10-19-16-11-12(18)3-4-14(15)16/h3-4,7,10-11,13H,5-6,8-9H2,1-2H3,(H,19,20). The molecule has 0 radical (unpaired) electrons. The fourth-order valence-corrected chi connectivity index (χ4v) is 3.18. The highest BCUT2D eigenvalue weighted by Gasteiger charge is 2.26. The number of rotatable bonds is 2. The molecule has 1 aromatic carbocycles. The van der Waals surface area contributed by atoms with Crippen molar-refractivity contribution in [1.29, 1.82) is 0 Å². The first-order chi connectivity index (χ1) is 9.53. The van der Waals surface area contributed by atoms with E-state index in [2.05, 4.69) is 36.3 Å². The van der Waals surface area contributed by atoms with E-state index in [1.54, 1.807) is 0 Å². The third-order valence-corrected chi connectivity index (χ3v) is 4.64. The molecule has 1 aliphatic rings. The molecular weight excluding hydrogens is 268 g/mol. The topological polar surface area (TPSA) is 24.9 Å². The number of pyridine rings is 1. The molecule has 0 aliphatic heterocycles.